The second-order valence-electron chi connectivity index (χ2n) is 4.40. The number of halogens is 9. The first kappa shape index (κ1) is 23.1. The van der Waals surface area contributed by atoms with Gasteiger partial charge >= 0.3 is 11.9 Å². The summed E-state index contributed by atoms with van der Waals surface area (Å²) >= 11 is 12.5. The fourth-order valence-electron chi connectivity index (χ4n) is 1.52. The van der Waals surface area contributed by atoms with Gasteiger partial charge in [-0.3, -0.25) is 0 Å². The van der Waals surface area contributed by atoms with E-state index in [0.29, 0.717) is 6.07 Å². The Morgan fingerprint density at radius 1 is 0.778 bits per heavy atom. The minimum atomic E-state index is -1.79. The maximum absolute atomic E-state index is 12.9. The SMILES string of the molecule is O=C(O)c1c(F)c(F)c(Cl)c(F)c1Br.O=C(O)c1cc(F)c(Cl)c(F)c1F. The topological polar surface area (TPSA) is 74.6 Å². The van der Waals surface area contributed by atoms with Gasteiger partial charge in [0.05, 0.1) is 4.47 Å². The summed E-state index contributed by atoms with van der Waals surface area (Å²) in [6.07, 6.45) is 0. The van der Waals surface area contributed by atoms with E-state index in [1.807, 2.05) is 0 Å². The molecule has 0 aliphatic carbocycles. The molecule has 0 spiro atoms. The summed E-state index contributed by atoms with van der Waals surface area (Å²) in [6.45, 7) is 0. The van der Waals surface area contributed by atoms with Crippen LogP contribution in [0, 0.1) is 34.9 Å². The summed E-state index contributed by atoms with van der Waals surface area (Å²) in [7, 11) is 0. The molecule has 0 heterocycles. The fraction of sp³-hybridized carbons (Fsp3) is 0. The van der Waals surface area contributed by atoms with Crippen molar-refractivity contribution < 1.29 is 46.1 Å². The van der Waals surface area contributed by atoms with Crippen LogP contribution in [0.4, 0.5) is 26.3 Å². The molecule has 13 heteroatoms. The first-order valence-electron chi connectivity index (χ1n) is 6.13. The van der Waals surface area contributed by atoms with Gasteiger partial charge in [-0.25, -0.2) is 35.9 Å². The molecule has 0 atom stereocenters. The Morgan fingerprint density at radius 3 is 1.70 bits per heavy atom. The van der Waals surface area contributed by atoms with Crippen LogP contribution in [-0.4, -0.2) is 22.2 Å². The van der Waals surface area contributed by atoms with Crippen molar-refractivity contribution in [1.29, 1.82) is 0 Å². The number of aromatic carboxylic acids is 2. The van der Waals surface area contributed by atoms with Gasteiger partial charge in [-0.05, 0) is 22.0 Å². The predicted molar refractivity (Wildman–Crippen MR) is 84.3 cm³/mol. The molecule has 0 aliphatic rings. The molecule has 0 unspecified atom stereocenters. The van der Waals surface area contributed by atoms with Crippen LogP contribution in [-0.2, 0) is 0 Å². The number of rotatable bonds is 2. The van der Waals surface area contributed by atoms with E-state index in [2.05, 4.69) is 15.9 Å². The molecular formula is C14H3BrCl2F6O4. The lowest BCUT2D eigenvalue weighted by atomic mass is 10.2. The molecule has 0 bridgehead atoms. The highest BCUT2D eigenvalue weighted by Crippen LogP contribution is 2.32. The van der Waals surface area contributed by atoms with Gasteiger partial charge in [-0.1, -0.05) is 23.2 Å². The van der Waals surface area contributed by atoms with Crippen molar-refractivity contribution in [2.45, 2.75) is 0 Å². The Morgan fingerprint density at radius 2 is 1.26 bits per heavy atom. The molecule has 0 aromatic heterocycles. The average Bonchev–Trinajstić information content (AvgIpc) is 2.59. The van der Waals surface area contributed by atoms with Crippen molar-refractivity contribution in [1.82, 2.24) is 0 Å². The number of benzene rings is 2. The summed E-state index contributed by atoms with van der Waals surface area (Å²) < 4.78 is 75.8. The summed E-state index contributed by atoms with van der Waals surface area (Å²) in [5.74, 6) is -13.0. The molecule has 2 aromatic carbocycles. The van der Waals surface area contributed by atoms with Crippen molar-refractivity contribution in [3.05, 3.63) is 66.6 Å². The Labute approximate surface area is 164 Å². The second-order valence-corrected chi connectivity index (χ2v) is 5.95. The van der Waals surface area contributed by atoms with Crippen molar-refractivity contribution >= 4 is 51.1 Å². The van der Waals surface area contributed by atoms with Gasteiger partial charge in [0, 0.05) is 0 Å². The summed E-state index contributed by atoms with van der Waals surface area (Å²) in [5.41, 5.74) is -2.20. The minimum absolute atomic E-state index is 0.322. The van der Waals surface area contributed by atoms with E-state index in [-0.39, 0.29) is 0 Å². The zero-order valence-electron chi connectivity index (χ0n) is 12.2. The van der Waals surface area contributed by atoms with Gasteiger partial charge in [-0.2, -0.15) is 0 Å². The third kappa shape index (κ3) is 4.66. The maximum Gasteiger partial charge on any atom is 0.340 e. The number of carboxylic acid groups (broad SMARTS) is 2. The van der Waals surface area contributed by atoms with E-state index in [0.717, 1.165) is 0 Å². The quantitative estimate of drug-likeness (QED) is 0.317. The lowest BCUT2D eigenvalue weighted by Crippen LogP contribution is -2.07. The normalized spacial score (nSPS) is 10.3. The molecule has 0 amide bonds. The van der Waals surface area contributed by atoms with Crippen LogP contribution in [0.2, 0.25) is 10.0 Å². The van der Waals surface area contributed by atoms with Crippen LogP contribution in [0.5, 0.6) is 0 Å². The van der Waals surface area contributed by atoms with Gasteiger partial charge in [0.1, 0.15) is 27.0 Å². The van der Waals surface area contributed by atoms with Crippen molar-refractivity contribution in [3.8, 4) is 0 Å². The molecular weight excluding hydrogens is 497 g/mol. The Balaban J connectivity index is 0.000000271. The van der Waals surface area contributed by atoms with Crippen LogP contribution in [0.3, 0.4) is 0 Å². The molecule has 0 aliphatic heterocycles. The van der Waals surface area contributed by atoms with Gasteiger partial charge in [0.15, 0.2) is 29.1 Å². The smallest absolute Gasteiger partial charge is 0.340 e. The molecule has 146 valence electrons. The molecule has 0 radical (unpaired) electrons. The largest absolute Gasteiger partial charge is 0.478 e. The summed E-state index contributed by atoms with van der Waals surface area (Å²) in [5, 5.41) is 14.6. The molecule has 2 rings (SSSR count). The number of hydrogen-bond acceptors (Lipinski definition) is 2. The van der Waals surface area contributed by atoms with Crippen molar-refractivity contribution in [3.63, 3.8) is 0 Å². The lowest BCUT2D eigenvalue weighted by Gasteiger charge is -2.05. The van der Waals surface area contributed by atoms with Gasteiger partial charge in [0.25, 0.3) is 0 Å². The first-order valence-corrected chi connectivity index (χ1v) is 7.68. The first-order chi connectivity index (χ1) is 12.3. The molecule has 2 aromatic rings. The number of carboxylic acids is 2. The van der Waals surface area contributed by atoms with Gasteiger partial charge in [-0.15, -0.1) is 0 Å². The number of carbonyl (C=O) groups is 2. The van der Waals surface area contributed by atoms with E-state index < -0.39 is 72.5 Å². The summed E-state index contributed by atoms with van der Waals surface area (Å²) in [4.78, 5) is 20.6. The van der Waals surface area contributed by atoms with Crippen LogP contribution < -0.4 is 0 Å². The van der Waals surface area contributed by atoms with E-state index in [4.69, 9.17) is 33.4 Å². The van der Waals surface area contributed by atoms with Crippen molar-refractivity contribution in [2.24, 2.45) is 0 Å². The van der Waals surface area contributed by atoms with Crippen LogP contribution >= 0.6 is 39.1 Å². The molecule has 0 saturated heterocycles. The van der Waals surface area contributed by atoms with Crippen LogP contribution in [0.1, 0.15) is 20.7 Å². The molecule has 0 saturated carbocycles. The molecule has 2 N–H and O–H groups in total. The Kier molecular flexibility index (Phi) is 7.52. The van der Waals surface area contributed by atoms with E-state index in [1.54, 1.807) is 0 Å². The van der Waals surface area contributed by atoms with E-state index in [1.165, 1.54) is 0 Å². The lowest BCUT2D eigenvalue weighted by molar-refractivity contribution is 0.0678. The maximum atomic E-state index is 12.9. The highest BCUT2D eigenvalue weighted by molar-refractivity contribution is 9.10. The predicted octanol–water partition coefficient (Wildman–Crippen LogP) is 5.67. The third-order valence-corrected chi connectivity index (χ3v) is 4.18. The molecule has 0 fully saturated rings. The average molecular weight is 500 g/mol. The van der Waals surface area contributed by atoms with Gasteiger partial charge in [0.2, 0.25) is 0 Å². The summed E-state index contributed by atoms with van der Waals surface area (Å²) in [6, 6.07) is 0.322. The standard InChI is InChI=1S/C7HBrClF3O2.C7H2ClF3O2/c8-2-1(7(13)14)4(10)6(12)3(9)5(2)11;8-4-3(9)1-2(7(12)13)5(10)6(4)11/h(H,13,14);1H,(H,12,13). The van der Waals surface area contributed by atoms with Crippen LogP contribution in [0.15, 0.2) is 10.5 Å². The Hall–Kier alpha value is -1.98. The highest BCUT2D eigenvalue weighted by Gasteiger charge is 2.26. The fourth-order valence-corrected chi connectivity index (χ4v) is 2.49. The van der Waals surface area contributed by atoms with E-state index >= 15 is 0 Å². The zero-order chi connectivity index (χ0) is 21.2. The minimum Gasteiger partial charge on any atom is -0.478 e. The second kappa shape index (κ2) is 8.81. The third-order valence-electron chi connectivity index (χ3n) is 2.76. The zero-order valence-corrected chi connectivity index (χ0v) is 15.3. The number of hydrogen-bond donors (Lipinski definition) is 2. The van der Waals surface area contributed by atoms with E-state index in [9.17, 15) is 35.9 Å². The molecule has 4 nitrogen and oxygen atoms in total. The highest BCUT2D eigenvalue weighted by atomic mass is 79.9. The van der Waals surface area contributed by atoms with Crippen LogP contribution in [0.25, 0.3) is 0 Å². The Bertz CT molecular complexity index is 925. The van der Waals surface area contributed by atoms with Crippen molar-refractivity contribution in [2.75, 3.05) is 0 Å². The van der Waals surface area contributed by atoms with Gasteiger partial charge < -0.3 is 10.2 Å². The molecule has 27 heavy (non-hydrogen) atoms. The monoisotopic (exact) mass is 498 g/mol.